The Morgan fingerprint density at radius 3 is 2.82 bits per heavy atom. The first-order chi connectivity index (χ1) is 7.88. The molecule has 0 bridgehead atoms. The van der Waals surface area contributed by atoms with E-state index >= 15 is 0 Å². The number of halogens is 4. The molecule has 0 aromatic carbocycles. The SMILES string of the molecule is C[C@H](Oc1cccn2nc(Br)nc12)C(F)(F)F. The highest BCUT2D eigenvalue weighted by molar-refractivity contribution is 9.10. The molecule has 8 heteroatoms. The normalized spacial score (nSPS) is 13.9. The van der Waals surface area contributed by atoms with Crippen LogP contribution in [0, 0.1) is 0 Å². The van der Waals surface area contributed by atoms with Crippen LogP contribution in [-0.2, 0) is 0 Å². The van der Waals surface area contributed by atoms with E-state index in [0.717, 1.165) is 6.92 Å². The fourth-order valence-electron chi connectivity index (χ4n) is 1.20. The van der Waals surface area contributed by atoms with Crippen LogP contribution in [0.5, 0.6) is 5.75 Å². The van der Waals surface area contributed by atoms with Crippen LogP contribution in [0.3, 0.4) is 0 Å². The van der Waals surface area contributed by atoms with Gasteiger partial charge in [-0.15, -0.1) is 5.10 Å². The highest BCUT2D eigenvalue weighted by Gasteiger charge is 2.38. The lowest BCUT2D eigenvalue weighted by molar-refractivity contribution is -0.189. The lowest BCUT2D eigenvalue weighted by Gasteiger charge is -2.17. The van der Waals surface area contributed by atoms with Crippen molar-refractivity contribution in [2.24, 2.45) is 0 Å². The summed E-state index contributed by atoms with van der Waals surface area (Å²) in [4.78, 5) is 3.92. The summed E-state index contributed by atoms with van der Waals surface area (Å²) in [7, 11) is 0. The topological polar surface area (TPSA) is 39.4 Å². The summed E-state index contributed by atoms with van der Waals surface area (Å²) < 4.78 is 43.5. The third kappa shape index (κ3) is 2.51. The molecular weight excluding hydrogens is 303 g/mol. The van der Waals surface area contributed by atoms with Gasteiger partial charge in [0, 0.05) is 6.20 Å². The van der Waals surface area contributed by atoms with Crippen molar-refractivity contribution in [3.63, 3.8) is 0 Å². The van der Waals surface area contributed by atoms with Gasteiger partial charge in [-0.3, -0.25) is 0 Å². The molecule has 2 heterocycles. The molecule has 92 valence electrons. The molecule has 0 spiro atoms. The van der Waals surface area contributed by atoms with E-state index in [2.05, 4.69) is 26.0 Å². The maximum Gasteiger partial charge on any atom is 0.425 e. The maximum atomic E-state index is 12.4. The van der Waals surface area contributed by atoms with Gasteiger partial charge in [0.1, 0.15) is 0 Å². The summed E-state index contributed by atoms with van der Waals surface area (Å²) in [6.45, 7) is 0.939. The Hall–Kier alpha value is -1.31. The van der Waals surface area contributed by atoms with Crippen LogP contribution in [0.15, 0.2) is 23.1 Å². The molecule has 17 heavy (non-hydrogen) atoms. The summed E-state index contributed by atoms with van der Waals surface area (Å²) in [6.07, 6.45) is -4.74. The fourth-order valence-corrected chi connectivity index (χ4v) is 1.54. The van der Waals surface area contributed by atoms with Crippen LogP contribution in [0.25, 0.3) is 5.65 Å². The zero-order valence-electron chi connectivity index (χ0n) is 8.57. The quantitative estimate of drug-likeness (QED) is 0.856. The van der Waals surface area contributed by atoms with Crippen molar-refractivity contribution in [1.82, 2.24) is 14.6 Å². The van der Waals surface area contributed by atoms with Gasteiger partial charge in [0.15, 0.2) is 17.5 Å². The number of nitrogens with zero attached hydrogens (tertiary/aromatic N) is 3. The second-order valence-corrected chi connectivity index (χ2v) is 4.03. The molecule has 0 fully saturated rings. The van der Waals surface area contributed by atoms with Gasteiger partial charge in [-0.2, -0.15) is 18.2 Å². The second-order valence-electron chi connectivity index (χ2n) is 3.32. The predicted octanol–water partition coefficient (Wildman–Crippen LogP) is 2.82. The highest BCUT2D eigenvalue weighted by atomic mass is 79.9. The van der Waals surface area contributed by atoms with E-state index in [0.29, 0.717) is 0 Å². The van der Waals surface area contributed by atoms with Gasteiger partial charge >= 0.3 is 6.18 Å². The molecule has 4 nitrogen and oxygen atoms in total. The lowest BCUT2D eigenvalue weighted by atomic mass is 10.4. The van der Waals surface area contributed by atoms with Gasteiger partial charge in [0.2, 0.25) is 4.73 Å². The second kappa shape index (κ2) is 4.17. The zero-order chi connectivity index (χ0) is 12.6. The molecule has 2 rings (SSSR count). The van der Waals surface area contributed by atoms with Gasteiger partial charge in [0.25, 0.3) is 0 Å². The number of rotatable bonds is 2. The van der Waals surface area contributed by atoms with Gasteiger partial charge < -0.3 is 4.74 Å². The minimum Gasteiger partial charge on any atom is -0.477 e. The van der Waals surface area contributed by atoms with Crippen LogP contribution in [0.1, 0.15) is 6.92 Å². The summed E-state index contributed by atoms with van der Waals surface area (Å²) in [5, 5.41) is 3.90. The smallest absolute Gasteiger partial charge is 0.425 e. The average molecular weight is 310 g/mol. The van der Waals surface area contributed by atoms with E-state index in [-0.39, 0.29) is 16.1 Å². The first-order valence-electron chi connectivity index (χ1n) is 4.62. The lowest BCUT2D eigenvalue weighted by Crippen LogP contribution is -2.31. The standard InChI is InChI=1S/C9H7BrF3N3O/c1-5(9(11,12)13)17-6-3-2-4-16-7(6)14-8(10)15-16/h2-5H,1H3/t5-/m0/s1. The van der Waals surface area contributed by atoms with Crippen LogP contribution in [0.4, 0.5) is 13.2 Å². The summed E-state index contributed by atoms with van der Waals surface area (Å²) in [6, 6.07) is 2.95. The van der Waals surface area contributed by atoms with Crippen molar-refractivity contribution in [2.45, 2.75) is 19.2 Å². The van der Waals surface area contributed by atoms with E-state index in [9.17, 15) is 13.2 Å². The largest absolute Gasteiger partial charge is 0.477 e. The number of pyridine rings is 1. The van der Waals surface area contributed by atoms with Crippen LogP contribution >= 0.6 is 15.9 Å². The van der Waals surface area contributed by atoms with Crippen molar-refractivity contribution in [2.75, 3.05) is 0 Å². The number of hydrogen-bond donors (Lipinski definition) is 0. The van der Waals surface area contributed by atoms with Crippen LogP contribution in [0.2, 0.25) is 0 Å². The van der Waals surface area contributed by atoms with E-state index < -0.39 is 12.3 Å². The van der Waals surface area contributed by atoms with Gasteiger partial charge in [0.05, 0.1) is 0 Å². The predicted molar refractivity (Wildman–Crippen MR) is 56.8 cm³/mol. The minimum atomic E-state index is -4.41. The number of fused-ring (bicyclic) bond motifs is 1. The molecule has 0 unspecified atom stereocenters. The molecule has 0 amide bonds. The van der Waals surface area contributed by atoms with Gasteiger partial charge in [-0.1, -0.05) is 0 Å². The van der Waals surface area contributed by atoms with E-state index in [4.69, 9.17) is 4.74 Å². The molecule has 0 aliphatic rings. The van der Waals surface area contributed by atoms with E-state index in [1.165, 1.54) is 16.6 Å². The van der Waals surface area contributed by atoms with Gasteiger partial charge in [-0.25, -0.2) is 4.52 Å². The molecule has 0 aliphatic carbocycles. The molecule has 1 atom stereocenters. The van der Waals surface area contributed by atoms with E-state index in [1.54, 1.807) is 6.20 Å². The van der Waals surface area contributed by atoms with Crippen molar-refractivity contribution < 1.29 is 17.9 Å². The first-order valence-corrected chi connectivity index (χ1v) is 5.41. The minimum absolute atomic E-state index is 0.0375. The Morgan fingerprint density at radius 1 is 1.47 bits per heavy atom. The van der Waals surface area contributed by atoms with Crippen molar-refractivity contribution >= 4 is 21.6 Å². The molecule has 0 saturated carbocycles. The fraction of sp³-hybridized carbons (Fsp3) is 0.333. The number of ether oxygens (including phenoxy) is 1. The van der Waals surface area contributed by atoms with Crippen LogP contribution < -0.4 is 4.74 Å². The number of alkyl halides is 3. The van der Waals surface area contributed by atoms with Crippen molar-refractivity contribution in [1.29, 1.82) is 0 Å². The zero-order valence-corrected chi connectivity index (χ0v) is 10.2. The number of aromatic nitrogens is 3. The average Bonchev–Trinajstić information content (AvgIpc) is 2.58. The Labute approximate surface area is 103 Å². The Bertz CT molecular complexity index is 540. The Kier molecular flexibility index (Phi) is 2.98. The molecule has 2 aromatic rings. The molecule has 2 aromatic heterocycles. The summed E-state index contributed by atoms with van der Waals surface area (Å²) in [5.74, 6) is 0.0375. The van der Waals surface area contributed by atoms with Crippen molar-refractivity contribution in [3.8, 4) is 5.75 Å². The third-order valence-corrected chi connectivity index (χ3v) is 2.40. The van der Waals surface area contributed by atoms with Crippen molar-refractivity contribution in [3.05, 3.63) is 23.1 Å². The summed E-state index contributed by atoms with van der Waals surface area (Å²) >= 11 is 3.04. The van der Waals surface area contributed by atoms with Crippen LogP contribution in [-0.4, -0.2) is 26.9 Å². The maximum absolute atomic E-state index is 12.4. The first kappa shape index (κ1) is 12.2. The molecule has 0 N–H and O–H groups in total. The highest BCUT2D eigenvalue weighted by Crippen LogP contribution is 2.27. The Balaban J connectivity index is 2.36. The third-order valence-electron chi connectivity index (χ3n) is 2.07. The monoisotopic (exact) mass is 309 g/mol. The van der Waals surface area contributed by atoms with E-state index in [1.807, 2.05) is 0 Å². The molecular formula is C9H7BrF3N3O. The number of hydrogen-bond acceptors (Lipinski definition) is 3. The molecule has 0 saturated heterocycles. The molecule has 0 radical (unpaired) electrons. The van der Waals surface area contributed by atoms with Gasteiger partial charge in [-0.05, 0) is 35.0 Å². The Morgan fingerprint density at radius 2 is 2.18 bits per heavy atom. The molecule has 0 aliphatic heterocycles. The summed E-state index contributed by atoms with van der Waals surface area (Å²) in [5.41, 5.74) is 0.232.